The second-order valence-electron chi connectivity index (χ2n) is 7.95. The van der Waals surface area contributed by atoms with E-state index in [1.807, 2.05) is 24.3 Å². The minimum Gasteiger partial charge on any atom is -0.495 e. The van der Waals surface area contributed by atoms with Gasteiger partial charge in [-0.3, -0.25) is 4.90 Å². The molecule has 3 rings (SSSR count). The number of urea groups is 1. The number of hydrogen-bond acceptors (Lipinski definition) is 8. The van der Waals surface area contributed by atoms with Crippen LogP contribution in [-0.2, 0) is 0 Å². The van der Waals surface area contributed by atoms with E-state index in [4.69, 9.17) is 38.4 Å². The Bertz CT molecular complexity index is 1150. The maximum atomic E-state index is 13.1. The molecular weight excluding hydrogens is 517 g/mol. The number of hydrogen-bond donors (Lipinski definition) is 4. The number of carbonyl (C=O) groups excluding carboxylic acids is 1. The first-order chi connectivity index (χ1) is 17.8. The van der Waals surface area contributed by atoms with Crippen molar-refractivity contribution >= 4 is 52.1 Å². The summed E-state index contributed by atoms with van der Waals surface area (Å²) in [4.78, 5) is 20.8. The molecule has 1 aliphatic rings. The number of rotatable bonds is 8. The molecule has 198 valence electrons. The molecule has 0 saturated carbocycles. The van der Waals surface area contributed by atoms with Crippen molar-refractivity contribution in [2.75, 3.05) is 63.0 Å². The zero-order chi connectivity index (χ0) is 26.9. The SMILES string of the molecule is C=C/N=C(\C=C(/N)Nc1ccc(N2CCNCC2)cc1)N(C)C(=O)Nc1c(Cl)c(OC)cc(OC)c1Cl. The standard InChI is InChI=1S/C25H31Cl2N7O3/c1-5-30-21(15-20(28)31-16-6-8-17(9-7-16)34-12-10-29-11-13-34)33(2)25(35)32-24-22(26)18(36-3)14-19(37-4)23(24)27/h5-9,14-15,29,31H,1,10-13,28H2,2-4H3,(H,32,35)/b20-15+,30-21+. The first-order valence-electron chi connectivity index (χ1n) is 11.4. The third kappa shape index (κ3) is 7.00. The molecular formula is C25H31Cl2N7O3. The largest absolute Gasteiger partial charge is 0.495 e. The number of nitrogens with one attached hydrogen (secondary N) is 3. The smallest absolute Gasteiger partial charge is 0.327 e. The van der Waals surface area contributed by atoms with Crippen molar-refractivity contribution in [1.82, 2.24) is 10.2 Å². The van der Waals surface area contributed by atoms with Gasteiger partial charge in [0.25, 0.3) is 0 Å². The molecule has 0 aromatic heterocycles. The highest BCUT2D eigenvalue weighted by atomic mass is 35.5. The van der Waals surface area contributed by atoms with Crippen LogP contribution in [0.25, 0.3) is 0 Å². The molecule has 0 unspecified atom stereocenters. The summed E-state index contributed by atoms with van der Waals surface area (Å²) in [6.07, 6.45) is 2.82. The van der Waals surface area contributed by atoms with Crippen LogP contribution in [0.3, 0.4) is 0 Å². The highest BCUT2D eigenvalue weighted by molar-refractivity contribution is 6.41. The van der Waals surface area contributed by atoms with Gasteiger partial charge >= 0.3 is 6.03 Å². The third-order valence-corrected chi connectivity index (χ3v) is 6.35. The number of benzene rings is 2. The monoisotopic (exact) mass is 547 g/mol. The third-order valence-electron chi connectivity index (χ3n) is 5.60. The molecule has 12 heteroatoms. The normalized spacial score (nSPS) is 14.1. The predicted molar refractivity (Wildman–Crippen MR) is 151 cm³/mol. The van der Waals surface area contributed by atoms with E-state index in [2.05, 4.69) is 32.4 Å². The molecule has 1 fully saturated rings. The molecule has 2 aromatic rings. The highest BCUT2D eigenvalue weighted by Gasteiger charge is 2.22. The fourth-order valence-electron chi connectivity index (χ4n) is 3.62. The lowest BCUT2D eigenvalue weighted by molar-refractivity contribution is 0.239. The van der Waals surface area contributed by atoms with Gasteiger partial charge in [-0.1, -0.05) is 29.8 Å². The molecule has 0 aliphatic carbocycles. The number of anilines is 3. The van der Waals surface area contributed by atoms with Gasteiger partial charge in [0.15, 0.2) is 0 Å². The van der Waals surface area contributed by atoms with Crippen LogP contribution < -0.4 is 36.1 Å². The van der Waals surface area contributed by atoms with Gasteiger partial charge in [-0.25, -0.2) is 9.79 Å². The van der Waals surface area contributed by atoms with Crippen LogP contribution >= 0.6 is 23.2 Å². The number of likely N-dealkylation sites (N-methyl/N-ethyl adjacent to an activating group) is 1. The Hall–Kier alpha value is -3.60. The van der Waals surface area contributed by atoms with Crippen LogP contribution in [0.4, 0.5) is 21.9 Å². The second kappa shape index (κ2) is 13.1. The van der Waals surface area contributed by atoms with E-state index in [9.17, 15) is 4.79 Å². The summed E-state index contributed by atoms with van der Waals surface area (Å²) in [6, 6.07) is 8.91. The fourth-order valence-corrected chi connectivity index (χ4v) is 4.22. The lowest BCUT2D eigenvalue weighted by atomic mass is 10.2. The van der Waals surface area contributed by atoms with E-state index in [1.54, 1.807) is 0 Å². The quantitative estimate of drug-likeness (QED) is 0.287. The van der Waals surface area contributed by atoms with E-state index in [0.717, 1.165) is 37.6 Å². The van der Waals surface area contributed by atoms with E-state index >= 15 is 0 Å². The molecule has 37 heavy (non-hydrogen) atoms. The van der Waals surface area contributed by atoms with Crippen LogP contribution in [0.15, 0.2) is 60.0 Å². The van der Waals surface area contributed by atoms with Crippen molar-refractivity contribution < 1.29 is 14.3 Å². The number of amides is 2. The molecule has 1 saturated heterocycles. The minimum absolute atomic E-state index is 0.123. The number of methoxy groups -OCH3 is 2. The fraction of sp³-hybridized carbons (Fsp3) is 0.280. The Morgan fingerprint density at radius 3 is 2.27 bits per heavy atom. The molecule has 0 spiro atoms. The first kappa shape index (κ1) is 28.0. The van der Waals surface area contributed by atoms with Gasteiger partial charge in [0.05, 0.1) is 19.9 Å². The van der Waals surface area contributed by atoms with Crippen LogP contribution in [0, 0.1) is 0 Å². The zero-order valence-corrected chi connectivity index (χ0v) is 22.5. The van der Waals surface area contributed by atoms with Gasteiger partial charge in [0, 0.05) is 62.9 Å². The Labute approximate surface area is 226 Å². The molecule has 0 atom stereocenters. The molecule has 1 heterocycles. The van der Waals surface area contributed by atoms with E-state index in [1.165, 1.54) is 44.5 Å². The number of halogens is 2. The first-order valence-corrected chi connectivity index (χ1v) is 12.2. The lowest BCUT2D eigenvalue weighted by Crippen LogP contribution is -2.43. The van der Waals surface area contributed by atoms with E-state index in [0.29, 0.717) is 0 Å². The van der Waals surface area contributed by atoms with Crippen molar-refractivity contribution in [2.24, 2.45) is 10.7 Å². The Morgan fingerprint density at radius 2 is 1.73 bits per heavy atom. The number of nitrogens with two attached hydrogens (primary N) is 1. The number of piperazine rings is 1. The van der Waals surface area contributed by atoms with Crippen molar-refractivity contribution in [3.63, 3.8) is 0 Å². The molecule has 1 aliphatic heterocycles. The molecule has 10 nitrogen and oxygen atoms in total. The van der Waals surface area contributed by atoms with Crippen LogP contribution in [0.2, 0.25) is 10.0 Å². The summed E-state index contributed by atoms with van der Waals surface area (Å²) in [6.45, 7) is 7.48. The Kier molecular flexibility index (Phi) is 9.90. The van der Waals surface area contributed by atoms with E-state index < -0.39 is 6.03 Å². The topological polar surface area (TPSA) is 116 Å². The summed E-state index contributed by atoms with van der Waals surface area (Å²) in [5.41, 5.74) is 8.28. The van der Waals surface area contributed by atoms with Gasteiger partial charge in [-0.15, -0.1) is 0 Å². The van der Waals surface area contributed by atoms with E-state index in [-0.39, 0.29) is 38.9 Å². The minimum atomic E-state index is -0.580. The van der Waals surface area contributed by atoms with Gasteiger partial charge < -0.3 is 36.1 Å². The number of ether oxygens (including phenoxy) is 2. The van der Waals surface area contributed by atoms with Crippen molar-refractivity contribution in [3.05, 3.63) is 65.1 Å². The highest BCUT2D eigenvalue weighted by Crippen LogP contribution is 2.44. The van der Waals surface area contributed by atoms with Crippen LogP contribution in [0.1, 0.15) is 0 Å². The molecule has 0 bridgehead atoms. The molecule has 0 radical (unpaired) electrons. The lowest BCUT2D eigenvalue weighted by Gasteiger charge is -2.29. The van der Waals surface area contributed by atoms with Crippen molar-refractivity contribution in [1.29, 1.82) is 0 Å². The maximum Gasteiger partial charge on any atom is 0.327 e. The van der Waals surface area contributed by atoms with Crippen molar-refractivity contribution in [2.45, 2.75) is 0 Å². The maximum absolute atomic E-state index is 13.1. The van der Waals surface area contributed by atoms with Gasteiger partial charge in [-0.2, -0.15) is 0 Å². The summed E-state index contributed by atoms with van der Waals surface area (Å²) in [5.74, 6) is 1.07. The Balaban J connectivity index is 1.74. The van der Waals surface area contributed by atoms with Crippen LogP contribution in [-0.4, -0.2) is 64.2 Å². The van der Waals surface area contributed by atoms with Gasteiger partial charge in [0.2, 0.25) is 0 Å². The van der Waals surface area contributed by atoms with Gasteiger partial charge in [-0.05, 0) is 24.3 Å². The summed E-state index contributed by atoms with van der Waals surface area (Å²) < 4.78 is 10.5. The van der Waals surface area contributed by atoms with Crippen molar-refractivity contribution in [3.8, 4) is 11.5 Å². The molecule has 5 N–H and O–H groups in total. The number of nitrogens with zero attached hydrogens (tertiary/aromatic N) is 3. The average molecular weight is 548 g/mol. The molecule has 2 aromatic carbocycles. The number of amidine groups is 1. The Morgan fingerprint density at radius 1 is 1.14 bits per heavy atom. The predicted octanol–water partition coefficient (Wildman–Crippen LogP) is 4.34. The van der Waals surface area contributed by atoms with Crippen LogP contribution in [0.5, 0.6) is 11.5 Å². The number of carbonyl (C=O) groups is 1. The average Bonchev–Trinajstić information content (AvgIpc) is 2.91. The number of aliphatic imine (C=N–C) groups is 1. The summed E-state index contributed by atoms with van der Waals surface area (Å²) in [7, 11) is 4.41. The summed E-state index contributed by atoms with van der Waals surface area (Å²) >= 11 is 12.8. The van der Waals surface area contributed by atoms with Gasteiger partial charge in [0.1, 0.15) is 33.2 Å². The zero-order valence-electron chi connectivity index (χ0n) is 21.0. The molecule has 2 amide bonds. The summed E-state index contributed by atoms with van der Waals surface area (Å²) in [5, 5.41) is 9.38. The second-order valence-corrected chi connectivity index (χ2v) is 8.71.